The SMILES string of the molecule is Cc1ccc(CN(C)C(=O)Nc2cc(-c3nccn3C)nn2C)s1. The fraction of sp³-hybridized carbons (Fsp3) is 0.312. The second-order valence-corrected chi connectivity index (χ2v) is 7.07. The molecule has 3 aromatic heterocycles. The highest BCUT2D eigenvalue weighted by Gasteiger charge is 2.15. The summed E-state index contributed by atoms with van der Waals surface area (Å²) in [5, 5.41) is 7.31. The second-order valence-electron chi connectivity index (χ2n) is 5.70. The third-order valence-electron chi connectivity index (χ3n) is 3.70. The summed E-state index contributed by atoms with van der Waals surface area (Å²) in [6, 6.07) is 5.76. The van der Waals surface area contributed by atoms with E-state index in [1.165, 1.54) is 4.88 Å². The fourth-order valence-corrected chi connectivity index (χ4v) is 3.33. The Morgan fingerprint density at radius 2 is 2.17 bits per heavy atom. The van der Waals surface area contributed by atoms with Crippen molar-refractivity contribution in [2.75, 3.05) is 12.4 Å². The van der Waals surface area contributed by atoms with Gasteiger partial charge < -0.3 is 9.47 Å². The van der Waals surface area contributed by atoms with Crippen LogP contribution in [0.3, 0.4) is 0 Å². The number of nitrogens with zero attached hydrogens (tertiary/aromatic N) is 5. The summed E-state index contributed by atoms with van der Waals surface area (Å²) >= 11 is 1.70. The second kappa shape index (κ2) is 6.48. The number of hydrogen-bond acceptors (Lipinski definition) is 4. The molecule has 0 aliphatic rings. The summed E-state index contributed by atoms with van der Waals surface area (Å²) in [5.41, 5.74) is 0.719. The first-order chi connectivity index (χ1) is 11.4. The molecule has 0 bridgehead atoms. The molecule has 3 aromatic rings. The zero-order valence-corrected chi connectivity index (χ0v) is 15.0. The smallest absolute Gasteiger partial charge is 0.323 e. The minimum absolute atomic E-state index is 0.171. The topological polar surface area (TPSA) is 68.0 Å². The van der Waals surface area contributed by atoms with Crippen molar-refractivity contribution in [2.45, 2.75) is 13.5 Å². The fourth-order valence-electron chi connectivity index (χ4n) is 2.39. The number of rotatable bonds is 4. The molecule has 24 heavy (non-hydrogen) atoms. The van der Waals surface area contributed by atoms with Crippen molar-refractivity contribution in [3.63, 3.8) is 0 Å². The molecule has 0 fully saturated rings. The van der Waals surface area contributed by atoms with Crippen molar-refractivity contribution >= 4 is 23.2 Å². The zero-order valence-electron chi connectivity index (χ0n) is 14.1. The van der Waals surface area contributed by atoms with E-state index >= 15 is 0 Å². The molecule has 7 nitrogen and oxygen atoms in total. The Kier molecular flexibility index (Phi) is 4.39. The average Bonchev–Trinajstić information content (AvgIpc) is 3.21. The van der Waals surface area contributed by atoms with Gasteiger partial charge in [0.25, 0.3) is 0 Å². The largest absolute Gasteiger partial charge is 0.333 e. The average molecular weight is 344 g/mol. The molecule has 0 radical (unpaired) electrons. The van der Waals surface area contributed by atoms with E-state index in [4.69, 9.17) is 0 Å². The van der Waals surface area contributed by atoms with Crippen molar-refractivity contribution in [3.05, 3.63) is 40.3 Å². The van der Waals surface area contributed by atoms with Gasteiger partial charge in [-0.15, -0.1) is 11.3 Å². The minimum Gasteiger partial charge on any atom is -0.333 e. The predicted molar refractivity (Wildman–Crippen MR) is 95.0 cm³/mol. The minimum atomic E-state index is -0.171. The van der Waals surface area contributed by atoms with Gasteiger partial charge in [0.1, 0.15) is 11.5 Å². The van der Waals surface area contributed by atoms with E-state index in [1.807, 2.05) is 29.9 Å². The maximum absolute atomic E-state index is 12.4. The summed E-state index contributed by atoms with van der Waals surface area (Å²) in [6.07, 6.45) is 3.58. The number of carbonyl (C=O) groups is 1. The summed E-state index contributed by atoms with van der Waals surface area (Å²) in [7, 11) is 5.48. The van der Waals surface area contributed by atoms with E-state index in [2.05, 4.69) is 28.4 Å². The third-order valence-corrected chi connectivity index (χ3v) is 4.69. The number of aryl methyl sites for hydroxylation is 3. The van der Waals surface area contributed by atoms with Gasteiger partial charge in [0.05, 0.1) is 6.54 Å². The summed E-state index contributed by atoms with van der Waals surface area (Å²) in [6.45, 7) is 2.64. The van der Waals surface area contributed by atoms with Gasteiger partial charge in [-0.25, -0.2) is 9.78 Å². The van der Waals surface area contributed by atoms with Gasteiger partial charge in [-0.1, -0.05) is 0 Å². The van der Waals surface area contributed by atoms with Crippen molar-refractivity contribution in [1.82, 2.24) is 24.2 Å². The van der Waals surface area contributed by atoms with Gasteiger partial charge in [0.2, 0.25) is 0 Å². The Morgan fingerprint density at radius 1 is 1.38 bits per heavy atom. The van der Waals surface area contributed by atoms with Crippen LogP contribution in [0.15, 0.2) is 30.6 Å². The molecule has 0 saturated heterocycles. The van der Waals surface area contributed by atoms with Crippen LogP contribution in [-0.4, -0.2) is 37.3 Å². The van der Waals surface area contributed by atoms with Gasteiger partial charge in [0.15, 0.2) is 5.82 Å². The van der Waals surface area contributed by atoms with Crippen LogP contribution < -0.4 is 5.32 Å². The molecule has 0 spiro atoms. The number of imidazole rings is 1. The van der Waals surface area contributed by atoms with E-state index in [0.717, 1.165) is 16.4 Å². The third kappa shape index (κ3) is 3.33. The molecular weight excluding hydrogens is 324 g/mol. The summed E-state index contributed by atoms with van der Waals surface area (Å²) in [5.74, 6) is 1.39. The molecule has 1 N–H and O–H groups in total. The Morgan fingerprint density at radius 3 is 2.79 bits per heavy atom. The van der Waals surface area contributed by atoms with E-state index < -0.39 is 0 Å². The molecule has 0 aromatic carbocycles. The first kappa shape index (κ1) is 16.3. The van der Waals surface area contributed by atoms with Crippen LogP contribution >= 0.6 is 11.3 Å². The zero-order chi connectivity index (χ0) is 17.3. The first-order valence-electron chi connectivity index (χ1n) is 7.53. The number of carbonyl (C=O) groups excluding carboxylic acids is 1. The highest BCUT2D eigenvalue weighted by Crippen LogP contribution is 2.20. The molecule has 0 aliphatic heterocycles. The number of anilines is 1. The quantitative estimate of drug-likeness (QED) is 0.791. The molecule has 2 amide bonds. The summed E-state index contributed by atoms with van der Waals surface area (Å²) < 4.78 is 3.53. The molecule has 3 rings (SSSR count). The predicted octanol–water partition coefficient (Wildman–Crippen LogP) is 2.85. The standard InChI is InChI=1S/C16H20N6OS/c1-11-5-6-12(24-11)10-21(3)16(23)18-14-9-13(19-22(14)4)15-17-7-8-20(15)2/h5-9H,10H2,1-4H3,(H,18,23). The van der Waals surface area contributed by atoms with Crippen LogP contribution in [-0.2, 0) is 20.6 Å². The van der Waals surface area contributed by atoms with E-state index in [9.17, 15) is 4.79 Å². The maximum atomic E-state index is 12.4. The number of amides is 2. The monoisotopic (exact) mass is 344 g/mol. The van der Waals surface area contributed by atoms with E-state index in [-0.39, 0.29) is 6.03 Å². The molecule has 0 unspecified atom stereocenters. The highest BCUT2D eigenvalue weighted by molar-refractivity contribution is 7.11. The van der Waals surface area contributed by atoms with Crippen LogP contribution in [0, 0.1) is 6.92 Å². The first-order valence-corrected chi connectivity index (χ1v) is 8.35. The molecule has 8 heteroatoms. The Balaban J connectivity index is 1.70. The lowest BCUT2D eigenvalue weighted by atomic mass is 10.4. The molecule has 0 atom stereocenters. The van der Waals surface area contributed by atoms with Crippen molar-refractivity contribution in [3.8, 4) is 11.5 Å². The van der Waals surface area contributed by atoms with E-state index in [1.54, 1.807) is 41.2 Å². The number of urea groups is 1. The number of thiophene rings is 1. The van der Waals surface area contributed by atoms with Crippen LogP contribution in [0.5, 0.6) is 0 Å². The van der Waals surface area contributed by atoms with Crippen LogP contribution in [0.25, 0.3) is 11.5 Å². The van der Waals surface area contributed by atoms with Crippen molar-refractivity contribution in [1.29, 1.82) is 0 Å². The number of nitrogens with one attached hydrogen (secondary N) is 1. The van der Waals surface area contributed by atoms with Gasteiger partial charge in [-0.2, -0.15) is 5.10 Å². The summed E-state index contributed by atoms with van der Waals surface area (Å²) in [4.78, 5) is 20.7. The van der Waals surface area contributed by atoms with E-state index in [0.29, 0.717) is 12.4 Å². The molecule has 126 valence electrons. The Bertz CT molecular complexity index is 862. The van der Waals surface area contributed by atoms with Gasteiger partial charge in [-0.3, -0.25) is 10.00 Å². The highest BCUT2D eigenvalue weighted by atomic mass is 32.1. The van der Waals surface area contributed by atoms with Crippen LogP contribution in [0.4, 0.5) is 10.6 Å². The lowest BCUT2D eigenvalue weighted by Crippen LogP contribution is -2.31. The number of aromatic nitrogens is 4. The molecule has 3 heterocycles. The number of hydrogen-bond donors (Lipinski definition) is 1. The van der Waals surface area contributed by atoms with Gasteiger partial charge >= 0.3 is 6.03 Å². The van der Waals surface area contributed by atoms with Gasteiger partial charge in [-0.05, 0) is 19.1 Å². The van der Waals surface area contributed by atoms with Crippen molar-refractivity contribution in [2.24, 2.45) is 14.1 Å². The normalized spacial score (nSPS) is 10.8. The van der Waals surface area contributed by atoms with Crippen LogP contribution in [0.2, 0.25) is 0 Å². The van der Waals surface area contributed by atoms with Crippen molar-refractivity contribution < 1.29 is 4.79 Å². The molecule has 0 saturated carbocycles. The lowest BCUT2D eigenvalue weighted by molar-refractivity contribution is 0.221. The molecular formula is C16H20N6OS. The van der Waals surface area contributed by atoms with Gasteiger partial charge in [0, 0.05) is 49.4 Å². The Hall–Kier alpha value is -2.61. The molecule has 0 aliphatic carbocycles. The Labute approximate surface area is 144 Å². The van der Waals surface area contributed by atoms with Crippen LogP contribution in [0.1, 0.15) is 9.75 Å². The maximum Gasteiger partial charge on any atom is 0.323 e. The lowest BCUT2D eigenvalue weighted by Gasteiger charge is -2.16.